The molecule has 0 spiro atoms. The Kier molecular flexibility index (Phi) is 4.32. The first-order valence-electron chi connectivity index (χ1n) is 7.31. The Morgan fingerprint density at radius 1 is 0.857 bits per heavy atom. The minimum atomic E-state index is 0.487. The third kappa shape index (κ3) is 3.14. The van der Waals surface area contributed by atoms with E-state index < -0.39 is 0 Å². The maximum Gasteiger partial charge on any atom is 0.0471 e. The van der Waals surface area contributed by atoms with E-state index in [0.717, 1.165) is 36.8 Å². The number of anilines is 2. The third-order valence-electron chi connectivity index (χ3n) is 4.02. The van der Waals surface area contributed by atoms with Crippen LogP contribution in [-0.2, 0) is 6.54 Å². The quantitative estimate of drug-likeness (QED) is 0.945. The number of piperazine rings is 1. The van der Waals surface area contributed by atoms with Gasteiger partial charge in [0, 0.05) is 49.1 Å². The zero-order valence-corrected chi connectivity index (χ0v) is 12.8. The van der Waals surface area contributed by atoms with Gasteiger partial charge in [-0.1, -0.05) is 35.9 Å². The van der Waals surface area contributed by atoms with E-state index in [4.69, 9.17) is 17.3 Å². The van der Waals surface area contributed by atoms with E-state index in [1.165, 1.54) is 11.4 Å². The van der Waals surface area contributed by atoms with Crippen molar-refractivity contribution in [2.75, 3.05) is 36.0 Å². The summed E-state index contributed by atoms with van der Waals surface area (Å²) in [6.45, 7) is 4.56. The van der Waals surface area contributed by atoms with Crippen LogP contribution in [0.15, 0.2) is 48.5 Å². The summed E-state index contributed by atoms with van der Waals surface area (Å²) in [4.78, 5) is 4.80. The molecule has 1 saturated heterocycles. The van der Waals surface area contributed by atoms with Gasteiger partial charge in [0.1, 0.15) is 0 Å². The molecule has 0 unspecified atom stereocenters. The van der Waals surface area contributed by atoms with Crippen molar-refractivity contribution in [2.45, 2.75) is 6.54 Å². The van der Waals surface area contributed by atoms with Gasteiger partial charge < -0.3 is 15.5 Å². The molecule has 1 heterocycles. The summed E-state index contributed by atoms with van der Waals surface area (Å²) in [6, 6.07) is 16.8. The van der Waals surface area contributed by atoms with Gasteiger partial charge in [-0.05, 0) is 29.8 Å². The summed E-state index contributed by atoms with van der Waals surface area (Å²) in [5, 5.41) is 0.764. The Balaban J connectivity index is 1.67. The highest BCUT2D eigenvalue weighted by Crippen LogP contribution is 2.25. The predicted molar refractivity (Wildman–Crippen MR) is 90.2 cm³/mol. The third-order valence-corrected chi connectivity index (χ3v) is 4.37. The van der Waals surface area contributed by atoms with Gasteiger partial charge in [-0.3, -0.25) is 0 Å². The fourth-order valence-electron chi connectivity index (χ4n) is 2.76. The molecule has 3 nitrogen and oxygen atoms in total. The smallest absolute Gasteiger partial charge is 0.0471 e. The Morgan fingerprint density at radius 2 is 1.48 bits per heavy atom. The number of benzene rings is 2. The summed E-state index contributed by atoms with van der Waals surface area (Å²) >= 11 is 6.26. The van der Waals surface area contributed by atoms with Crippen molar-refractivity contribution in [1.82, 2.24) is 0 Å². The maximum absolute atomic E-state index is 6.26. The Morgan fingerprint density at radius 3 is 2.05 bits per heavy atom. The maximum atomic E-state index is 6.26. The van der Waals surface area contributed by atoms with E-state index in [1.807, 2.05) is 12.1 Å². The number of rotatable bonds is 3. The fraction of sp³-hybridized carbons (Fsp3) is 0.294. The highest BCUT2D eigenvalue weighted by atomic mass is 35.5. The van der Waals surface area contributed by atoms with Crippen molar-refractivity contribution < 1.29 is 0 Å². The summed E-state index contributed by atoms with van der Waals surface area (Å²) in [6.07, 6.45) is 0. The number of hydrogen-bond donors (Lipinski definition) is 1. The summed E-state index contributed by atoms with van der Waals surface area (Å²) < 4.78 is 0. The average molecular weight is 302 g/mol. The molecular formula is C17H20ClN3. The molecule has 0 saturated carbocycles. The molecule has 110 valence electrons. The SMILES string of the molecule is NCc1ccc(N2CCN(c3ccccc3)CC2)cc1Cl. The second kappa shape index (κ2) is 6.37. The molecule has 3 rings (SSSR count). The van der Waals surface area contributed by atoms with Gasteiger partial charge in [0.05, 0.1) is 0 Å². The highest BCUT2D eigenvalue weighted by molar-refractivity contribution is 6.31. The van der Waals surface area contributed by atoms with Crippen LogP contribution in [0.2, 0.25) is 5.02 Å². The van der Waals surface area contributed by atoms with Crippen molar-refractivity contribution in [1.29, 1.82) is 0 Å². The summed E-state index contributed by atoms with van der Waals surface area (Å²) in [7, 11) is 0. The molecule has 0 aliphatic carbocycles. The van der Waals surface area contributed by atoms with Crippen LogP contribution in [0.1, 0.15) is 5.56 Å². The zero-order valence-electron chi connectivity index (χ0n) is 12.0. The summed E-state index contributed by atoms with van der Waals surface area (Å²) in [5.41, 5.74) is 9.14. The van der Waals surface area contributed by atoms with Crippen molar-refractivity contribution in [2.24, 2.45) is 5.73 Å². The monoisotopic (exact) mass is 301 g/mol. The topological polar surface area (TPSA) is 32.5 Å². The minimum Gasteiger partial charge on any atom is -0.368 e. The number of nitrogens with zero attached hydrogens (tertiary/aromatic N) is 2. The predicted octanol–water partition coefficient (Wildman–Crippen LogP) is 3.13. The van der Waals surface area contributed by atoms with Crippen LogP contribution in [-0.4, -0.2) is 26.2 Å². The zero-order chi connectivity index (χ0) is 14.7. The second-order valence-electron chi connectivity index (χ2n) is 5.29. The van der Waals surface area contributed by atoms with Gasteiger partial charge >= 0.3 is 0 Å². The lowest BCUT2D eigenvalue weighted by atomic mass is 10.1. The van der Waals surface area contributed by atoms with Crippen LogP contribution in [0, 0.1) is 0 Å². The Labute approximate surface area is 130 Å². The molecule has 0 bridgehead atoms. The molecule has 2 N–H and O–H groups in total. The van der Waals surface area contributed by atoms with Gasteiger partial charge in [0.15, 0.2) is 0 Å². The van der Waals surface area contributed by atoms with Crippen LogP contribution >= 0.6 is 11.6 Å². The molecule has 2 aromatic carbocycles. The average Bonchev–Trinajstić information content (AvgIpc) is 2.56. The van der Waals surface area contributed by atoms with Crippen LogP contribution in [0.5, 0.6) is 0 Å². The molecule has 2 aromatic rings. The van der Waals surface area contributed by atoms with E-state index in [-0.39, 0.29) is 0 Å². The molecule has 0 aromatic heterocycles. The van der Waals surface area contributed by atoms with E-state index >= 15 is 0 Å². The Bertz CT molecular complexity index is 592. The number of hydrogen-bond acceptors (Lipinski definition) is 3. The number of halogens is 1. The lowest BCUT2D eigenvalue weighted by Gasteiger charge is -2.37. The molecule has 4 heteroatoms. The first kappa shape index (κ1) is 14.2. The second-order valence-corrected chi connectivity index (χ2v) is 5.70. The fourth-order valence-corrected chi connectivity index (χ4v) is 3.01. The van der Waals surface area contributed by atoms with Crippen molar-refractivity contribution >= 4 is 23.0 Å². The number of para-hydroxylation sites is 1. The van der Waals surface area contributed by atoms with E-state index in [1.54, 1.807) is 0 Å². The van der Waals surface area contributed by atoms with Gasteiger partial charge in [0.2, 0.25) is 0 Å². The molecule has 1 aliphatic heterocycles. The van der Waals surface area contributed by atoms with Gasteiger partial charge in [-0.2, -0.15) is 0 Å². The van der Waals surface area contributed by atoms with Gasteiger partial charge in [0.25, 0.3) is 0 Å². The van der Waals surface area contributed by atoms with Crippen LogP contribution < -0.4 is 15.5 Å². The molecule has 0 amide bonds. The van der Waals surface area contributed by atoms with Gasteiger partial charge in [-0.25, -0.2) is 0 Å². The molecular weight excluding hydrogens is 282 g/mol. The van der Waals surface area contributed by atoms with Crippen LogP contribution in [0.25, 0.3) is 0 Å². The number of nitrogens with two attached hydrogens (primary N) is 1. The van der Waals surface area contributed by atoms with E-state index in [9.17, 15) is 0 Å². The first-order valence-corrected chi connectivity index (χ1v) is 7.69. The minimum absolute atomic E-state index is 0.487. The molecule has 21 heavy (non-hydrogen) atoms. The standard InChI is InChI=1S/C17H20ClN3/c18-17-12-16(7-6-14(17)13-19)21-10-8-20(9-11-21)15-4-2-1-3-5-15/h1-7,12H,8-11,13,19H2. The van der Waals surface area contributed by atoms with Crippen molar-refractivity contribution in [3.05, 3.63) is 59.1 Å². The van der Waals surface area contributed by atoms with Crippen LogP contribution in [0.3, 0.4) is 0 Å². The molecule has 0 radical (unpaired) electrons. The normalized spacial score (nSPS) is 15.3. The van der Waals surface area contributed by atoms with Crippen LogP contribution in [0.4, 0.5) is 11.4 Å². The van der Waals surface area contributed by atoms with Crippen molar-refractivity contribution in [3.8, 4) is 0 Å². The molecule has 0 atom stereocenters. The first-order chi connectivity index (χ1) is 10.3. The van der Waals surface area contributed by atoms with Crippen molar-refractivity contribution in [3.63, 3.8) is 0 Å². The lowest BCUT2D eigenvalue weighted by molar-refractivity contribution is 0.653. The lowest BCUT2D eigenvalue weighted by Crippen LogP contribution is -2.46. The molecule has 1 aliphatic rings. The van der Waals surface area contributed by atoms with Gasteiger partial charge in [-0.15, -0.1) is 0 Å². The van der Waals surface area contributed by atoms with E-state index in [0.29, 0.717) is 6.54 Å². The molecule has 1 fully saturated rings. The highest BCUT2D eigenvalue weighted by Gasteiger charge is 2.17. The Hall–Kier alpha value is -1.71. The summed E-state index contributed by atoms with van der Waals surface area (Å²) in [5.74, 6) is 0. The largest absolute Gasteiger partial charge is 0.368 e. The van der Waals surface area contributed by atoms with E-state index in [2.05, 4.69) is 46.2 Å².